The van der Waals surface area contributed by atoms with Crippen LogP contribution in [0.25, 0.3) is 0 Å². The highest BCUT2D eigenvalue weighted by molar-refractivity contribution is 8.03. The van der Waals surface area contributed by atoms with Crippen LogP contribution in [0.3, 0.4) is 0 Å². The van der Waals surface area contributed by atoms with Gasteiger partial charge in [0.1, 0.15) is 0 Å². The van der Waals surface area contributed by atoms with Crippen LogP contribution in [0.1, 0.15) is 32.1 Å². The molecule has 4 heteroatoms. The molecule has 2 nitrogen and oxygen atoms in total. The SMILES string of the molecule is C=CCS/C(=C/S(=O)C1CCCCC1)N(C)C. The largest absolute Gasteiger partial charge is 0.372 e. The number of thioether (sulfide) groups is 1. The molecule has 0 saturated heterocycles. The van der Waals surface area contributed by atoms with Crippen LogP contribution in [0.2, 0.25) is 0 Å². The molecule has 1 aliphatic rings. The minimum Gasteiger partial charge on any atom is -0.372 e. The van der Waals surface area contributed by atoms with Crippen LogP contribution in [0.4, 0.5) is 0 Å². The second kappa shape index (κ2) is 7.98. The van der Waals surface area contributed by atoms with Crippen molar-refractivity contribution in [2.24, 2.45) is 0 Å². The van der Waals surface area contributed by atoms with Crippen LogP contribution >= 0.6 is 11.8 Å². The summed E-state index contributed by atoms with van der Waals surface area (Å²) in [6, 6.07) is 0. The predicted octanol–water partition coefficient (Wildman–Crippen LogP) is 3.35. The van der Waals surface area contributed by atoms with Gasteiger partial charge >= 0.3 is 0 Å². The predicted molar refractivity (Wildman–Crippen MR) is 79.4 cm³/mol. The minimum absolute atomic E-state index is 0.378. The highest BCUT2D eigenvalue weighted by atomic mass is 32.2. The van der Waals surface area contributed by atoms with Crippen molar-refractivity contribution in [2.45, 2.75) is 37.4 Å². The molecule has 0 spiro atoms. The molecule has 0 aliphatic heterocycles. The molecule has 1 rings (SSSR count). The fourth-order valence-electron chi connectivity index (χ4n) is 1.91. The van der Waals surface area contributed by atoms with E-state index in [0.29, 0.717) is 5.25 Å². The molecular formula is C13H23NOS2. The molecule has 0 N–H and O–H groups in total. The highest BCUT2D eigenvalue weighted by Gasteiger charge is 2.19. The standard InChI is InChI=1S/C13H23NOS2/c1-4-10-16-13(14(2)3)11-17(15)12-8-6-5-7-9-12/h4,11-12H,1,5-10H2,2-3H3/b13-11+. The van der Waals surface area contributed by atoms with Crippen LogP contribution in [0, 0.1) is 0 Å². The van der Waals surface area contributed by atoms with Crippen molar-refractivity contribution in [1.82, 2.24) is 4.90 Å². The average molecular weight is 273 g/mol. The number of hydrogen-bond acceptors (Lipinski definition) is 3. The number of hydrogen-bond donors (Lipinski definition) is 0. The smallest absolute Gasteiger partial charge is 0.0795 e. The van der Waals surface area contributed by atoms with Gasteiger partial charge in [-0.1, -0.05) is 25.3 Å². The topological polar surface area (TPSA) is 20.3 Å². The van der Waals surface area contributed by atoms with Gasteiger partial charge in [-0.3, -0.25) is 4.21 Å². The lowest BCUT2D eigenvalue weighted by Crippen LogP contribution is -2.18. The van der Waals surface area contributed by atoms with Gasteiger partial charge in [0.2, 0.25) is 0 Å². The summed E-state index contributed by atoms with van der Waals surface area (Å²) >= 11 is 1.70. The van der Waals surface area contributed by atoms with Crippen LogP contribution in [-0.2, 0) is 10.8 Å². The summed E-state index contributed by atoms with van der Waals surface area (Å²) in [7, 11) is 3.18. The summed E-state index contributed by atoms with van der Waals surface area (Å²) < 4.78 is 12.2. The van der Waals surface area contributed by atoms with E-state index < -0.39 is 10.8 Å². The van der Waals surface area contributed by atoms with E-state index in [2.05, 4.69) is 6.58 Å². The zero-order valence-corrected chi connectivity index (χ0v) is 12.5. The Labute approximate surface area is 112 Å². The van der Waals surface area contributed by atoms with Crippen molar-refractivity contribution in [3.05, 3.63) is 23.1 Å². The molecule has 17 heavy (non-hydrogen) atoms. The third-order valence-corrected chi connectivity index (χ3v) is 5.80. The molecule has 0 aromatic rings. The van der Waals surface area contributed by atoms with Crippen molar-refractivity contribution in [3.8, 4) is 0 Å². The van der Waals surface area contributed by atoms with E-state index in [1.54, 1.807) is 11.8 Å². The van der Waals surface area contributed by atoms with Crippen LogP contribution < -0.4 is 0 Å². The fraction of sp³-hybridized carbons (Fsp3) is 0.692. The van der Waals surface area contributed by atoms with Crippen molar-refractivity contribution in [3.63, 3.8) is 0 Å². The average Bonchev–Trinajstić information content (AvgIpc) is 2.35. The second-order valence-corrected chi connectivity index (χ2v) is 7.14. The third-order valence-electron chi connectivity index (χ3n) is 2.89. The molecule has 0 heterocycles. The summed E-state index contributed by atoms with van der Waals surface area (Å²) in [5.41, 5.74) is 0. The first-order valence-corrected chi connectivity index (χ1v) is 8.43. The lowest BCUT2D eigenvalue weighted by Gasteiger charge is -2.21. The molecule has 0 bridgehead atoms. The van der Waals surface area contributed by atoms with E-state index in [-0.39, 0.29) is 0 Å². The zero-order valence-electron chi connectivity index (χ0n) is 10.9. The number of rotatable bonds is 6. The normalized spacial score (nSPS) is 20.0. The monoisotopic (exact) mass is 273 g/mol. The molecule has 1 aliphatic carbocycles. The highest BCUT2D eigenvalue weighted by Crippen LogP contribution is 2.25. The molecule has 1 atom stereocenters. The molecule has 1 saturated carbocycles. The van der Waals surface area contributed by atoms with Gasteiger partial charge in [-0.15, -0.1) is 18.3 Å². The van der Waals surface area contributed by atoms with E-state index in [4.69, 9.17) is 0 Å². The van der Waals surface area contributed by atoms with Crippen molar-refractivity contribution in [2.75, 3.05) is 19.8 Å². The Bertz CT molecular complexity index is 294. The maximum Gasteiger partial charge on any atom is 0.0795 e. The van der Waals surface area contributed by atoms with E-state index in [0.717, 1.165) is 23.6 Å². The van der Waals surface area contributed by atoms with Gasteiger partial charge in [-0.05, 0) is 12.8 Å². The molecule has 0 aromatic heterocycles. The van der Waals surface area contributed by atoms with E-state index >= 15 is 0 Å². The minimum atomic E-state index is -0.819. The Morgan fingerprint density at radius 1 is 1.41 bits per heavy atom. The quantitative estimate of drug-likeness (QED) is 0.692. The van der Waals surface area contributed by atoms with Crippen molar-refractivity contribution in [1.29, 1.82) is 0 Å². The summed E-state index contributed by atoms with van der Waals surface area (Å²) in [5, 5.41) is 3.40. The molecule has 1 unspecified atom stereocenters. The molecule has 98 valence electrons. The van der Waals surface area contributed by atoms with Gasteiger partial charge in [0.25, 0.3) is 0 Å². The van der Waals surface area contributed by atoms with Gasteiger partial charge < -0.3 is 4.90 Å². The summed E-state index contributed by atoms with van der Waals surface area (Å²) in [5.74, 6) is 0.867. The molecule has 1 fully saturated rings. The van der Waals surface area contributed by atoms with E-state index in [1.165, 1.54) is 19.3 Å². The first kappa shape index (κ1) is 14.8. The van der Waals surface area contributed by atoms with Gasteiger partial charge in [0.15, 0.2) is 0 Å². The van der Waals surface area contributed by atoms with Crippen LogP contribution in [0.5, 0.6) is 0 Å². The zero-order chi connectivity index (χ0) is 12.7. The maximum atomic E-state index is 12.2. The third kappa shape index (κ3) is 5.30. The lowest BCUT2D eigenvalue weighted by molar-refractivity contribution is 0.506. The summed E-state index contributed by atoms with van der Waals surface area (Å²) in [6.45, 7) is 3.72. The van der Waals surface area contributed by atoms with Gasteiger partial charge in [-0.25, -0.2) is 0 Å². The maximum absolute atomic E-state index is 12.2. The Hall–Kier alpha value is -0.220. The van der Waals surface area contributed by atoms with Crippen LogP contribution in [0.15, 0.2) is 23.1 Å². The first-order valence-electron chi connectivity index (χ1n) is 6.17. The van der Waals surface area contributed by atoms with Crippen molar-refractivity contribution < 1.29 is 4.21 Å². The summed E-state index contributed by atoms with van der Waals surface area (Å²) in [4.78, 5) is 2.04. The lowest BCUT2D eigenvalue weighted by atomic mass is 10.0. The van der Waals surface area contributed by atoms with Crippen LogP contribution in [-0.4, -0.2) is 34.2 Å². The van der Waals surface area contributed by atoms with Gasteiger partial charge in [-0.2, -0.15) is 0 Å². The molecule has 0 amide bonds. The summed E-state index contributed by atoms with van der Waals surface area (Å²) in [6.07, 6.45) is 7.91. The van der Waals surface area contributed by atoms with Gasteiger partial charge in [0, 0.05) is 30.5 Å². The van der Waals surface area contributed by atoms with Gasteiger partial charge in [0.05, 0.1) is 15.8 Å². The number of nitrogens with zero attached hydrogens (tertiary/aromatic N) is 1. The Morgan fingerprint density at radius 3 is 2.59 bits per heavy atom. The first-order chi connectivity index (χ1) is 8.15. The Balaban J connectivity index is 2.60. The van der Waals surface area contributed by atoms with Crippen molar-refractivity contribution >= 4 is 22.6 Å². The second-order valence-electron chi connectivity index (χ2n) is 4.54. The van der Waals surface area contributed by atoms with E-state index in [1.807, 2.05) is 30.5 Å². The molecule has 0 aromatic carbocycles. The molecular weight excluding hydrogens is 250 g/mol. The Morgan fingerprint density at radius 2 is 2.06 bits per heavy atom. The van der Waals surface area contributed by atoms with E-state index in [9.17, 15) is 4.21 Å². The Kier molecular flexibility index (Phi) is 6.97. The molecule has 0 radical (unpaired) electrons. The fourth-order valence-corrected chi connectivity index (χ4v) is 4.41.